The fourth-order valence-electron chi connectivity index (χ4n) is 2.06. The fourth-order valence-corrected chi connectivity index (χ4v) is 2.38. The van der Waals surface area contributed by atoms with Gasteiger partial charge in [0.1, 0.15) is 0 Å². The van der Waals surface area contributed by atoms with Gasteiger partial charge in [-0.3, -0.25) is 4.79 Å². The van der Waals surface area contributed by atoms with Crippen molar-refractivity contribution in [3.05, 3.63) is 63.1 Å². The van der Waals surface area contributed by atoms with Crippen LogP contribution >= 0.6 is 23.2 Å². The summed E-state index contributed by atoms with van der Waals surface area (Å²) in [7, 11) is 1.74. The van der Waals surface area contributed by atoms with Crippen LogP contribution in [0.4, 0.5) is 5.69 Å². The van der Waals surface area contributed by atoms with Gasteiger partial charge in [0.2, 0.25) is 0 Å². The number of anilines is 1. The Morgan fingerprint density at radius 2 is 1.86 bits per heavy atom. The maximum absolute atomic E-state index is 12.5. The van der Waals surface area contributed by atoms with E-state index in [0.29, 0.717) is 27.8 Å². The molecule has 0 aromatic heterocycles. The van der Waals surface area contributed by atoms with Gasteiger partial charge >= 0.3 is 0 Å². The van der Waals surface area contributed by atoms with Gasteiger partial charge in [0.15, 0.2) is 0 Å². The zero-order chi connectivity index (χ0) is 15.6. The number of carbonyl (C=O) groups excluding carboxylic acids is 1. The van der Waals surface area contributed by atoms with Crippen LogP contribution in [0.1, 0.15) is 21.5 Å². The number of nitrogens with zero attached hydrogens (tertiary/aromatic N) is 1. The average molecular weight is 323 g/mol. The zero-order valence-electron chi connectivity index (χ0n) is 11.9. The maximum Gasteiger partial charge on any atom is 0.254 e. The van der Waals surface area contributed by atoms with E-state index in [0.717, 1.165) is 11.1 Å². The van der Waals surface area contributed by atoms with Crippen LogP contribution in [0.15, 0.2) is 36.4 Å². The van der Waals surface area contributed by atoms with Crippen molar-refractivity contribution in [3.63, 3.8) is 0 Å². The predicted octanol–water partition coefficient (Wildman–Crippen LogP) is 4.16. The Morgan fingerprint density at radius 3 is 2.52 bits per heavy atom. The van der Waals surface area contributed by atoms with Crippen molar-refractivity contribution in [2.24, 2.45) is 0 Å². The number of amides is 1. The molecule has 0 saturated heterocycles. The summed E-state index contributed by atoms with van der Waals surface area (Å²) in [5.74, 6) is -0.0779. The van der Waals surface area contributed by atoms with Crippen LogP contribution in [0.5, 0.6) is 0 Å². The van der Waals surface area contributed by atoms with Crippen LogP contribution < -0.4 is 5.73 Å². The second kappa shape index (κ2) is 6.37. The molecular formula is C16H16Cl2N2O. The first-order valence-corrected chi connectivity index (χ1v) is 7.19. The lowest BCUT2D eigenvalue weighted by molar-refractivity contribution is 0.0784. The van der Waals surface area contributed by atoms with E-state index in [1.807, 2.05) is 19.1 Å². The minimum Gasteiger partial charge on any atom is -0.399 e. The Labute approximate surface area is 134 Å². The highest BCUT2D eigenvalue weighted by molar-refractivity contribution is 6.42. The summed E-state index contributed by atoms with van der Waals surface area (Å²) in [5, 5.41) is 0.983. The van der Waals surface area contributed by atoms with Crippen molar-refractivity contribution in [3.8, 4) is 0 Å². The van der Waals surface area contributed by atoms with E-state index >= 15 is 0 Å². The third-order valence-electron chi connectivity index (χ3n) is 3.24. The SMILES string of the molecule is Cc1ccc(N)cc1C(=O)N(C)Cc1ccc(Cl)c(Cl)c1. The first-order valence-electron chi connectivity index (χ1n) is 6.44. The van der Waals surface area contributed by atoms with E-state index in [-0.39, 0.29) is 5.91 Å². The molecule has 0 heterocycles. The van der Waals surface area contributed by atoms with Crippen molar-refractivity contribution in [2.75, 3.05) is 12.8 Å². The predicted molar refractivity (Wildman–Crippen MR) is 87.9 cm³/mol. The molecule has 2 aromatic carbocycles. The lowest BCUT2D eigenvalue weighted by atomic mass is 10.1. The Balaban J connectivity index is 2.19. The largest absolute Gasteiger partial charge is 0.399 e. The van der Waals surface area contributed by atoms with Crippen LogP contribution in [-0.2, 0) is 6.54 Å². The number of rotatable bonds is 3. The highest BCUT2D eigenvalue weighted by atomic mass is 35.5. The van der Waals surface area contributed by atoms with Crippen molar-refractivity contribution in [1.29, 1.82) is 0 Å². The van der Waals surface area contributed by atoms with Gasteiger partial charge in [-0.2, -0.15) is 0 Å². The average Bonchev–Trinajstić information content (AvgIpc) is 2.44. The van der Waals surface area contributed by atoms with Crippen LogP contribution in [0.25, 0.3) is 0 Å². The van der Waals surface area contributed by atoms with E-state index in [1.165, 1.54) is 0 Å². The van der Waals surface area contributed by atoms with E-state index in [1.54, 1.807) is 36.2 Å². The molecule has 0 radical (unpaired) electrons. The molecule has 3 nitrogen and oxygen atoms in total. The second-order valence-corrected chi connectivity index (χ2v) is 5.80. The summed E-state index contributed by atoms with van der Waals surface area (Å²) in [4.78, 5) is 14.1. The molecule has 21 heavy (non-hydrogen) atoms. The molecule has 0 aliphatic rings. The Hall–Kier alpha value is -1.71. The molecule has 2 N–H and O–H groups in total. The molecule has 1 amide bonds. The molecule has 0 aliphatic heterocycles. The number of halogens is 2. The van der Waals surface area contributed by atoms with E-state index in [9.17, 15) is 4.79 Å². The minimum atomic E-state index is -0.0779. The van der Waals surface area contributed by atoms with Gasteiger partial charge in [-0.05, 0) is 42.3 Å². The summed E-state index contributed by atoms with van der Waals surface area (Å²) in [6.07, 6.45) is 0. The maximum atomic E-state index is 12.5. The number of hydrogen-bond donors (Lipinski definition) is 1. The van der Waals surface area contributed by atoms with Crippen molar-refractivity contribution in [2.45, 2.75) is 13.5 Å². The third kappa shape index (κ3) is 3.69. The van der Waals surface area contributed by atoms with Crippen LogP contribution in [0.2, 0.25) is 10.0 Å². The summed E-state index contributed by atoms with van der Waals surface area (Å²) in [6, 6.07) is 10.7. The molecule has 0 atom stereocenters. The molecule has 110 valence electrons. The van der Waals surface area contributed by atoms with Gasteiger partial charge in [0, 0.05) is 24.8 Å². The summed E-state index contributed by atoms with van der Waals surface area (Å²) in [5.41, 5.74) is 8.75. The van der Waals surface area contributed by atoms with Crippen LogP contribution in [0, 0.1) is 6.92 Å². The fraction of sp³-hybridized carbons (Fsp3) is 0.188. The quantitative estimate of drug-likeness (QED) is 0.862. The van der Waals surface area contributed by atoms with Gasteiger partial charge in [-0.1, -0.05) is 35.3 Å². The van der Waals surface area contributed by atoms with Gasteiger partial charge in [-0.25, -0.2) is 0 Å². The summed E-state index contributed by atoms with van der Waals surface area (Å²) < 4.78 is 0. The first kappa shape index (κ1) is 15.7. The second-order valence-electron chi connectivity index (χ2n) is 4.98. The number of aryl methyl sites for hydroxylation is 1. The monoisotopic (exact) mass is 322 g/mol. The molecule has 2 aromatic rings. The van der Waals surface area contributed by atoms with E-state index in [4.69, 9.17) is 28.9 Å². The van der Waals surface area contributed by atoms with Gasteiger partial charge in [0.25, 0.3) is 5.91 Å². The lowest BCUT2D eigenvalue weighted by Crippen LogP contribution is -2.27. The van der Waals surface area contributed by atoms with Crippen LogP contribution in [0.3, 0.4) is 0 Å². The normalized spacial score (nSPS) is 10.5. The minimum absolute atomic E-state index is 0.0779. The highest BCUT2D eigenvalue weighted by Gasteiger charge is 2.15. The summed E-state index contributed by atoms with van der Waals surface area (Å²) in [6.45, 7) is 2.34. The van der Waals surface area contributed by atoms with Crippen molar-refractivity contribution >= 4 is 34.8 Å². The summed E-state index contributed by atoms with van der Waals surface area (Å²) >= 11 is 11.9. The molecule has 0 aliphatic carbocycles. The van der Waals surface area contributed by atoms with Crippen molar-refractivity contribution < 1.29 is 4.79 Å². The highest BCUT2D eigenvalue weighted by Crippen LogP contribution is 2.23. The first-order chi connectivity index (χ1) is 9.88. The molecule has 0 saturated carbocycles. The van der Waals surface area contributed by atoms with Crippen molar-refractivity contribution in [1.82, 2.24) is 4.90 Å². The number of hydrogen-bond acceptors (Lipinski definition) is 2. The van der Waals surface area contributed by atoms with E-state index < -0.39 is 0 Å². The molecule has 2 rings (SSSR count). The Morgan fingerprint density at radius 1 is 1.14 bits per heavy atom. The Kier molecular flexibility index (Phi) is 4.76. The Bertz CT molecular complexity index is 686. The topological polar surface area (TPSA) is 46.3 Å². The molecule has 0 unspecified atom stereocenters. The van der Waals surface area contributed by atoms with Gasteiger partial charge < -0.3 is 10.6 Å². The zero-order valence-corrected chi connectivity index (χ0v) is 13.4. The van der Waals surface area contributed by atoms with E-state index in [2.05, 4.69) is 0 Å². The van der Waals surface area contributed by atoms with Gasteiger partial charge in [0.05, 0.1) is 10.0 Å². The third-order valence-corrected chi connectivity index (χ3v) is 3.98. The number of carbonyl (C=O) groups is 1. The number of nitrogens with two attached hydrogens (primary N) is 1. The lowest BCUT2D eigenvalue weighted by Gasteiger charge is -2.19. The van der Waals surface area contributed by atoms with Gasteiger partial charge in [-0.15, -0.1) is 0 Å². The molecule has 0 spiro atoms. The molecule has 0 bridgehead atoms. The molecule has 0 fully saturated rings. The van der Waals surface area contributed by atoms with Crippen LogP contribution in [-0.4, -0.2) is 17.9 Å². The molecular weight excluding hydrogens is 307 g/mol. The molecule has 5 heteroatoms. The standard InChI is InChI=1S/C16H16Cl2N2O/c1-10-3-5-12(19)8-13(10)16(21)20(2)9-11-4-6-14(17)15(18)7-11/h3-8H,9,19H2,1-2H3. The smallest absolute Gasteiger partial charge is 0.254 e. The number of benzene rings is 2. The number of nitrogen functional groups attached to an aromatic ring is 1.